The summed E-state index contributed by atoms with van der Waals surface area (Å²) in [5.74, 6) is -0.310. The fourth-order valence-corrected chi connectivity index (χ4v) is 4.23. The Kier molecular flexibility index (Phi) is 22.9. The number of rotatable bonds is 24. The molecule has 1 unspecified atom stereocenters. The molecule has 0 bridgehead atoms. The Balaban J connectivity index is 4.27. The number of ether oxygens (including phenoxy) is 2. The molecule has 0 aliphatic heterocycles. The summed E-state index contributed by atoms with van der Waals surface area (Å²) in [5.41, 5.74) is 0. The molecule has 5 nitrogen and oxygen atoms in total. The first-order chi connectivity index (χ1) is 16.4. The molecule has 1 atom stereocenters. The van der Waals surface area contributed by atoms with Crippen molar-refractivity contribution >= 4 is 11.9 Å². The van der Waals surface area contributed by atoms with Crippen LogP contribution >= 0.6 is 0 Å². The van der Waals surface area contributed by atoms with E-state index in [9.17, 15) is 9.59 Å². The molecular formula is C29H57NO4. The van der Waals surface area contributed by atoms with E-state index in [2.05, 4.69) is 32.8 Å². The predicted molar refractivity (Wildman–Crippen MR) is 143 cm³/mol. The second-order valence-corrected chi connectivity index (χ2v) is 10.4. The molecule has 0 fully saturated rings. The van der Waals surface area contributed by atoms with Crippen LogP contribution in [0.3, 0.4) is 0 Å². The van der Waals surface area contributed by atoms with E-state index in [-0.39, 0.29) is 30.6 Å². The van der Waals surface area contributed by atoms with E-state index in [1.54, 1.807) is 0 Å². The molecule has 0 aromatic rings. The molecule has 0 amide bonds. The monoisotopic (exact) mass is 483 g/mol. The maximum Gasteiger partial charge on any atom is 0.309 e. The smallest absolute Gasteiger partial charge is 0.309 e. The lowest BCUT2D eigenvalue weighted by molar-refractivity contribution is -0.160. The van der Waals surface area contributed by atoms with Gasteiger partial charge in [-0.05, 0) is 53.2 Å². The van der Waals surface area contributed by atoms with Gasteiger partial charge in [0.1, 0.15) is 12.7 Å². The number of esters is 2. The lowest BCUT2D eigenvalue weighted by Gasteiger charge is -2.18. The van der Waals surface area contributed by atoms with Gasteiger partial charge in [-0.3, -0.25) is 9.59 Å². The minimum atomic E-state index is -0.387. The Morgan fingerprint density at radius 1 is 0.706 bits per heavy atom. The third-order valence-corrected chi connectivity index (χ3v) is 6.42. The van der Waals surface area contributed by atoms with Crippen molar-refractivity contribution in [2.75, 3.05) is 27.2 Å². The van der Waals surface area contributed by atoms with Gasteiger partial charge in [0.05, 0.1) is 5.92 Å². The molecule has 0 aliphatic carbocycles. The highest BCUT2D eigenvalue weighted by Crippen LogP contribution is 2.21. The Morgan fingerprint density at radius 3 is 1.74 bits per heavy atom. The third kappa shape index (κ3) is 21.4. The van der Waals surface area contributed by atoms with Crippen molar-refractivity contribution < 1.29 is 19.1 Å². The van der Waals surface area contributed by atoms with Gasteiger partial charge in [0.15, 0.2) is 0 Å². The van der Waals surface area contributed by atoms with Gasteiger partial charge in [-0.25, -0.2) is 0 Å². The van der Waals surface area contributed by atoms with Crippen LogP contribution in [0.4, 0.5) is 0 Å². The van der Waals surface area contributed by atoms with Crippen LogP contribution in [0.5, 0.6) is 0 Å². The highest BCUT2D eigenvalue weighted by Gasteiger charge is 2.21. The standard InChI is InChI=1S/C29H57NO4/c1-6-8-10-12-14-17-21-27(22-18-15-13-11-9-7-2)29(32)33-25-26(3)34-28(31)23-19-16-20-24-30(4)5/h26-27H,6-25H2,1-5H3. The zero-order valence-electron chi connectivity index (χ0n) is 23.4. The molecule has 0 saturated heterocycles. The second kappa shape index (κ2) is 23.6. The highest BCUT2D eigenvalue weighted by atomic mass is 16.6. The Hall–Kier alpha value is -1.10. The molecule has 0 rings (SSSR count). The molecular weight excluding hydrogens is 426 g/mol. The summed E-state index contributed by atoms with van der Waals surface area (Å²) >= 11 is 0. The normalized spacial score (nSPS) is 12.3. The van der Waals surface area contributed by atoms with Gasteiger partial charge in [-0.15, -0.1) is 0 Å². The summed E-state index contributed by atoms with van der Waals surface area (Å²) < 4.78 is 11.1. The molecule has 0 heterocycles. The van der Waals surface area contributed by atoms with Crippen molar-refractivity contribution in [3.63, 3.8) is 0 Å². The summed E-state index contributed by atoms with van der Waals surface area (Å²) in [6, 6.07) is 0. The van der Waals surface area contributed by atoms with Crippen LogP contribution in [0.15, 0.2) is 0 Å². The minimum Gasteiger partial charge on any atom is -0.462 e. The van der Waals surface area contributed by atoms with Crippen molar-refractivity contribution in [2.24, 2.45) is 5.92 Å². The molecule has 0 aliphatic rings. The predicted octanol–water partition coefficient (Wildman–Crippen LogP) is 7.70. The third-order valence-electron chi connectivity index (χ3n) is 6.42. The SMILES string of the molecule is CCCCCCCCC(CCCCCCCC)C(=O)OCC(C)OC(=O)CCCCCN(C)C. The zero-order chi connectivity index (χ0) is 25.4. The van der Waals surface area contributed by atoms with Gasteiger partial charge in [0, 0.05) is 6.42 Å². The first-order valence-electron chi connectivity index (χ1n) is 14.4. The van der Waals surface area contributed by atoms with E-state index in [0.717, 1.165) is 51.5 Å². The van der Waals surface area contributed by atoms with E-state index < -0.39 is 0 Å². The molecule has 0 aromatic heterocycles. The molecule has 0 radical (unpaired) electrons. The average molecular weight is 484 g/mol. The van der Waals surface area contributed by atoms with Gasteiger partial charge in [-0.1, -0.05) is 97.3 Å². The molecule has 0 saturated carbocycles. The largest absolute Gasteiger partial charge is 0.462 e. The molecule has 0 aromatic carbocycles. The number of unbranched alkanes of at least 4 members (excludes halogenated alkanes) is 12. The van der Waals surface area contributed by atoms with E-state index in [1.165, 1.54) is 64.2 Å². The number of hydrogen-bond donors (Lipinski definition) is 0. The topological polar surface area (TPSA) is 55.8 Å². The summed E-state index contributed by atoms with van der Waals surface area (Å²) in [4.78, 5) is 27.0. The maximum atomic E-state index is 12.8. The first kappa shape index (κ1) is 32.9. The van der Waals surface area contributed by atoms with Crippen LogP contribution in [0.25, 0.3) is 0 Å². The summed E-state index contributed by atoms with van der Waals surface area (Å²) in [5, 5.41) is 0. The van der Waals surface area contributed by atoms with Gasteiger partial charge < -0.3 is 14.4 Å². The Bertz CT molecular complexity index is 465. The number of hydrogen-bond acceptors (Lipinski definition) is 5. The number of carbonyl (C=O) groups is 2. The Morgan fingerprint density at radius 2 is 1.21 bits per heavy atom. The van der Waals surface area contributed by atoms with Crippen LogP contribution in [-0.2, 0) is 19.1 Å². The van der Waals surface area contributed by atoms with Gasteiger partial charge in [0.25, 0.3) is 0 Å². The molecule has 0 N–H and O–H groups in total. The van der Waals surface area contributed by atoms with Crippen LogP contribution in [0, 0.1) is 5.92 Å². The summed E-state index contributed by atoms with van der Waals surface area (Å²) in [6.07, 6.45) is 19.6. The number of nitrogens with zero attached hydrogens (tertiary/aromatic N) is 1. The average Bonchev–Trinajstić information content (AvgIpc) is 2.80. The fraction of sp³-hybridized carbons (Fsp3) is 0.931. The van der Waals surface area contributed by atoms with Crippen LogP contribution in [0.1, 0.15) is 136 Å². The lowest BCUT2D eigenvalue weighted by atomic mass is 9.94. The van der Waals surface area contributed by atoms with Crippen LogP contribution < -0.4 is 0 Å². The van der Waals surface area contributed by atoms with Gasteiger partial charge in [0.2, 0.25) is 0 Å². The maximum absolute atomic E-state index is 12.8. The van der Waals surface area contributed by atoms with E-state index in [4.69, 9.17) is 9.47 Å². The van der Waals surface area contributed by atoms with E-state index in [1.807, 2.05) is 6.92 Å². The fourth-order valence-electron chi connectivity index (χ4n) is 4.23. The molecule has 5 heteroatoms. The Labute approximate surface area is 211 Å². The summed E-state index contributed by atoms with van der Waals surface area (Å²) in [6.45, 7) is 7.48. The van der Waals surface area contributed by atoms with Gasteiger partial charge in [-0.2, -0.15) is 0 Å². The number of carbonyl (C=O) groups excluding carboxylic acids is 2. The lowest BCUT2D eigenvalue weighted by Crippen LogP contribution is -2.25. The van der Waals surface area contributed by atoms with Crippen molar-refractivity contribution in [3.05, 3.63) is 0 Å². The minimum absolute atomic E-state index is 0.0167. The quantitative estimate of drug-likeness (QED) is 0.104. The van der Waals surface area contributed by atoms with Gasteiger partial charge >= 0.3 is 11.9 Å². The van der Waals surface area contributed by atoms with Crippen LogP contribution in [-0.4, -0.2) is 50.2 Å². The summed E-state index contributed by atoms with van der Waals surface area (Å²) in [7, 11) is 4.12. The van der Waals surface area contributed by atoms with Crippen molar-refractivity contribution in [1.29, 1.82) is 0 Å². The van der Waals surface area contributed by atoms with Crippen molar-refractivity contribution in [1.82, 2.24) is 4.90 Å². The second-order valence-electron chi connectivity index (χ2n) is 10.4. The van der Waals surface area contributed by atoms with E-state index in [0.29, 0.717) is 6.42 Å². The van der Waals surface area contributed by atoms with E-state index >= 15 is 0 Å². The highest BCUT2D eigenvalue weighted by molar-refractivity contribution is 5.72. The first-order valence-corrected chi connectivity index (χ1v) is 14.4. The van der Waals surface area contributed by atoms with Crippen LogP contribution in [0.2, 0.25) is 0 Å². The molecule has 202 valence electrons. The molecule has 34 heavy (non-hydrogen) atoms. The van der Waals surface area contributed by atoms with Crippen molar-refractivity contribution in [2.45, 2.75) is 142 Å². The zero-order valence-corrected chi connectivity index (χ0v) is 23.4. The van der Waals surface area contributed by atoms with Crippen molar-refractivity contribution in [3.8, 4) is 0 Å². The molecule has 0 spiro atoms.